The van der Waals surface area contributed by atoms with E-state index in [-0.39, 0.29) is 11.5 Å². The fraction of sp³-hybridized carbons (Fsp3) is 0.214. The van der Waals surface area contributed by atoms with E-state index in [1.807, 2.05) is 6.07 Å². The summed E-state index contributed by atoms with van der Waals surface area (Å²) in [5.74, 6) is -1.07. The third-order valence-corrected chi connectivity index (χ3v) is 3.48. The molecule has 6 heteroatoms. The number of nitrogens with zero attached hydrogens (tertiary/aromatic N) is 2. The number of hydrogen-bond donors (Lipinski definition) is 2. The first-order valence-corrected chi connectivity index (χ1v) is 6.29. The van der Waals surface area contributed by atoms with Crippen LogP contribution in [0, 0.1) is 0 Å². The lowest BCUT2D eigenvalue weighted by molar-refractivity contribution is 0.0696. The molecule has 20 heavy (non-hydrogen) atoms. The average molecular weight is 271 g/mol. The Hall–Kier alpha value is -2.63. The molecular formula is C14H13N3O3. The Labute approximate surface area is 115 Å². The minimum atomic E-state index is -0.954. The van der Waals surface area contributed by atoms with Gasteiger partial charge in [0, 0.05) is 19.3 Å². The smallest absolute Gasteiger partial charge is 0.335 e. The first-order chi connectivity index (χ1) is 9.65. The monoisotopic (exact) mass is 271 g/mol. The van der Waals surface area contributed by atoms with E-state index in [1.54, 1.807) is 23.1 Å². The van der Waals surface area contributed by atoms with Gasteiger partial charge in [-0.3, -0.25) is 9.89 Å². The van der Waals surface area contributed by atoms with E-state index >= 15 is 0 Å². The number of aromatic amines is 1. The Bertz CT molecular complexity index is 664. The van der Waals surface area contributed by atoms with Crippen molar-refractivity contribution in [3.8, 4) is 0 Å². The Balaban J connectivity index is 1.85. The summed E-state index contributed by atoms with van der Waals surface area (Å²) in [6.45, 7) is 1.05. The molecule has 6 nitrogen and oxygen atoms in total. The van der Waals surface area contributed by atoms with Crippen LogP contribution in [0.15, 0.2) is 30.5 Å². The molecule has 0 atom stereocenters. The number of aromatic nitrogens is 2. The fourth-order valence-electron chi connectivity index (χ4n) is 2.41. The van der Waals surface area contributed by atoms with Gasteiger partial charge in [0.15, 0.2) is 0 Å². The van der Waals surface area contributed by atoms with Crippen molar-refractivity contribution in [2.24, 2.45) is 0 Å². The van der Waals surface area contributed by atoms with Crippen molar-refractivity contribution in [3.63, 3.8) is 0 Å². The maximum absolute atomic E-state index is 12.2. The third-order valence-electron chi connectivity index (χ3n) is 3.48. The van der Waals surface area contributed by atoms with E-state index in [9.17, 15) is 9.59 Å². The molecule has 1 aromatic heterocycles. The highest BCUT2D eigenvalue weighted by Gasteiger charge is 2.23. The Morgan fingerprint density at radius 2 is 2.10 bits per heavy atom. The number of carboxylic acid groups (broad SMARTS) is 1. The van der Waals surface area contributed by atoms with Gasteiger partial charge in [0.2, 0.25) is 0 Å². The topological polar surface area (TPSA) is 86.3 Å². The first-order valence-electron chi connectivity index (χ1n) is 6.29. The predicted octanol–water partition coefficient (Wildman–Crippen LogP) is 1.31. The van der Waals surface area contributed by atoms with Crippen LogP contribution in [0.3, 0.4) is 0 Å². The maximum Gasteiger partial charge on any atom is 0.335 e. The van der Waals surface area contributed by atoms with E-state index in [0.29, 0.717) is 18.8 Å². The zero-order chi connectivity index (χ0) is 14.1. The fourth-order valence-corrected chi connectivity index (χ4v) is 2.41. The van der Waals surface area contributed by atoms with Gasteiger partial charge in [-0.1, -0.05) is 6.07 Å². The van der Waals surface area contributed by atoms with Gasteiger partial charge in [0.25, 0.3) is 5.91 Å². The molecule has 1 aliphatic heterocycles. The lowest BCUT2D eigenvalue weighted by atomic mass is 9.97. The second-order valence-corrected chi connectivity index (χ2v) is 4.74. The third kappa shape index (κ3) is 2.16. The Morgan fingerprint density at radius 3 is 2.80 bits per heavy atom. The number of carbonyl (C=O) groups excluding carboxylic acids is 1. The molecule has 2 heterocycles. The summed E-state index contributed by atoms with van der Waals surface area (Å²) in [4.78, 5) is 24.9. The summed E-state index contributed by atoms with van der Waals surface area (Å²) in [6.07, 6.45) is 2.27. The molecule has 102 valence electrons. The van der Waals surface area contributed by atoms with Crippen molar-refractivity contribution in [3.05, 3.63) is 52.8 Å². The van der Waals surface area contributed by atoms with Gasteiger partial charge >= 0.3 is 5.97 Å². The van der Waals surface area contributed by atoms with Crippen LogP contribution in [0.2, 0.25) is 0 Å². The summed E-state index contributed by atoms with van der Waals surface area (Å²) in [5.41, 5.74) is 2.69. The zero-order valence-electron chi connectivity index (χ0n) is 10.7. The summed E-state index contributed by atoms with van der Waals surface area (Å²) < 4.78 is 0. The number of carbonyl (C=O) groups is 2. The van der Waals surface area contributed by atoms with Crippen LogP contribution < -0.4 is 0 Å². The maximum atomic E-state index is 12.2. The quantitative estimate of drug-likeness (QED) is 0.862. The van der Waals surface area contributed by atoms with Crippen molar-refractivity contribution < 1.29 is 14.7 Å². The number of carboxylic acids is 1. The standard InChI is InChI=1S/C14H13N3O3/c18-13(12-3-5-15-16-12)17-6-4-9-1-2-10(14(19)20)7-11(9)8-17/h1-3,5,7H,4,6,8H2,(H,15,16)(H,19,20). The normalized spacial score (nSPS) is 13.9. The second-order valence-electron chi connectivity index (χ2n) is 4.74. The van der Waals surface area contributed by atoms with E-state index in [1.165, 1.54) is 6.20 Å². The molecule has 0 bridgehead atoms. The van der Waals surface area contributed by atoms with Crippen LogP contribution in [0.25, 0.3) is 0 Å². The molecule has 2 aromatic rings. The van der Waals surface area contributed by atoms with Crippen LogP contribution in [-0.2, 0) is 13.0 Å². The second kappa shape index (κ2) is 4.80. The molecule has 1 amide bonds. The summed E-state index contributed by atoms with van der Waals surface area (Å²) in [5, 5.41) is 15.4. The molecule has 1 aliphatic rings. The molecule has 1 aromatic carbocycles. The van der Waals surface area contributed by atoms with E-state index in [4.69, 9.17) is 5.11 Å². The number of nitrogens with one attached hydrogen (secondary N) is 1. The van der Waals surface area contributed by atoms with Crippen molar-refractivity contribution in [2.45, 2.75) is 13.0 Å². The van der Waals surface area contributed by atoms with Crippen molar-refractivity contribution >= 4 is 11.9 Å². The van der Waals surface area contributed by atoms with Crippen molar-refractivity contribution in [1.29, 1.82) is 0 Å². The van der Waals surface area contributed by atoms with Gasteiger partial charge in [-0.15, -0.1) is 0 Å². The number of benzene rings is 1. The molecule has 0 aliphatic carbocycles. The predicted molar refractivity (Wildman–Crippen MR) is 70.4 cm³/mol. The highest BCUT2D eigenvalue weighted by Crippen LogP contribution is 2.21. The van der Waals surface area contributed by atoms with Crippen LogP contribution in [0.5, 0.6) is 0 Å². The zero-order valence-corrected chi connectivity index (χ0v) is 10.7. The minimum absolute atomic E-state index is 0.117. The van der Waals surface area contributed by atoms with Gasteiger partial charge in [-0.25, -0.2) is 4.79 Å². The van der Waals surface area contributed by atoms with Crippen LogP contribution in [0.1, 0.15) is 32.0 Å². The molecular weight excluding hydrogens is 258 g/mol. The number of hydrogen-bond acceptors (Lipinski definition) is 3. The number of aromatic carboxylic acids is 1. The number of H-pyrrole nitrogens is 1. The average Bonchev–Trinajstić information content (AvgIpc) is 2.99. The van der Waals surface area contributed by atoms with Gasteiger partial charge in [0.05, 0.1) is 5.56 Å². The van der Waals surface area contributed by atoms with E-state index < -0.39 is 5.97 Å². The lowest BCUT2D eigenvalue weighted by Gasteiger charge is -2.28. The van der Waals surface area contributed by atoms with E-state index in [2.05, 4.69) is 10.2 Å². The van der Waals surface area contributed by atoms with E-state index in [0.717, 1.165) is 17.5 Å². The Kier molecular flexibility index (Phi) is 2.98. The molecule has 0 spiro atoms. The van der Waals surface area contributed by atoms with Gasteiger partial charge < -0.3 is 10.0 Å². The summed E-state index contributed by atoms with van der Waals surface area (Å²) >= 11 is 0. The SMILES string of the molecule is O=C(O)c1ccc2c(c1)CN(C(=O)c1ccn[nH]1)CC2. The summed E-state index contributed by atoms with van der Waals surface area (Å²) in [6, 6.07) is 6.71. The molecule has 0 unspecified atom stereocenters. The highest BCUT2D eigenvalue weighted by molar-refractivity contribution is 5.92. The number of fused-ring (bicyclic) bond motifs is 1. The first kappa shape index (κ1) is 12.4. The molecule has 2 N–H and O–H groups in total. The molecule has 3 rings (SSSR count). The van der Waals surface area contributed by atoms with Gasteiger partial charge in [-0.2, -0.15) is 5.10 Å². The molecule has 0 saturated heterocycles. The summed E-state index contributed by atoms with van der Waals surface area (Å²) in [7, 11) is 0. The van der Waals surface area contributed by atoms with Gasteiger partial charge in [0.1, 0.15) is 5.69 Å². The van der Waals surface area contributed by atoms with Crippen molar-refractivity contribution in [2.75, 3.05) is 6.54 Å². The van der Waals surface area contributed by atoms with Gasteiger partial charge in [-0.05, 0) is 35.7 Å². The van der Waals surface area contributed by atoms with Crippen LogP contribution in [-0.4, -0.2) is 38.6 Å². The molecule has 0 radical (unpaired) electrons. The molecule has 0 fully saturated rings. The highest BCUT2D eigenvalue weighted by atomic mass is 16.4. The van der Waals surface area contributed by atoms with Crippen LogP contribution in [0.4, 0.5) is 0 Å². The minimum Gasteiger partial charge on any atom is -0.478 e. The van der Waals surface area contributed by atoms with Crippen molar-refractivity contribution in [1.82, 2.24) is 15.1 Å². The number of rotatable bonds is 2. The largest absolute Gasteiger partial charge is 0.478 e. The number of amides is 1. The van der Waals surface area contributed by atoms with Crippen LogP contribution >= 0.6 is 0 Å². The molecule has 0 saturated carbocycles. The lowest BCUT2D eigenvalue weighted by Crippen LogP contribution is -2.36. The Morgan fingerprint density at radius 1 is 1.25 bits per heavy atom.